The molecule has 1 amide bonds. The van der Waals surface area contributed by atoms with Gasteiger partial charge < -0.3 is 10.2 Å². The zero-order valence-electron chi connectivity index (χ0n) is 19.4. The molecule has 1 aliphatic carbocycles. The quantitative estimate of drug-likeness (QED) is 0.630. The zero-order chi connectivity index (χ0) is 22.5. The van der Waals surface area contributed by atoms with Gasteiger partial charge in [-0.2, -0.15) is 0 Å². The first-order chi connectivity index (χ1) is 15.5. The van der Waals surface area contributed by atoms with E-state index < -0.39 is 0 Å². The third kappa shape index (κ3) is 5.89. The average Bonchev–Trinajstić information content (AvgIpc) is 2.81. The van der Waals surface area contributed by atoms with Gasteiger partial charge in [0.05, 0.1) is 0 Å². The van der Waals surface area contributed by atoms with Crippen LogP contribution in [0.5, 0.6) is 0 Å². The first kappa shape index (κ1) is 22.8. The van der Waals surface area contributed by atoms with Crippen LogP contribution < -0.4 is 10.2 Å². The molecule has 0 aromatic heterocycles. The Hall–Kier alpha value is -2.40. The summed E-state index contributed by atoms with van der Waals surface area (Å²) in [5.41, 5.74) is 3.23. The minimum Gasteiger partial charge on any atom is -0.382 e. The van der Waals surface area contributed by atoms with Crippen molar-refractivity contribution in [1.82, 2.24) is 4.90 Å². The van der Waals surface area contributed by atoms with E-state index in [1.807, 2.05) is 11.9 Å². The van der Waals surface area contributed by atoms with E-state index >= 15 is 0 Å². The van der Waals surface area contributed by atoms with Gasteiger partial charge in [-0.05, 0) is 92.9 Å². The van der Waals surface area contributed by atoms with Gasteiger partial charge in [0.25, 0.3) is 0 Å². The molecule has 2 fully saturated rings. The van der Waals surface area contributed by atoms with Crippen molar-refractivity contribution in [2.75, 3.05) is 30.4 Å². The molecule has 1 saturated carbocycles. The Morgan fingerprint density at radius 2 is 1.72 bits per heavy atom. The second-order valence-corrected chi connectivity index (χ2v) is 9.75. The summed E-state index contributed by atoms with van der Waals surface area (Å²) in [6.45, 7) is 5.69. The summed E-state index contributed by atoms with van der Waals surface area (Å²) in [6.07, 6.45) is 6.30. The molecule has 0 bridgehead atoms. The molecular weight excluding hydrogens is 401 g/mol. The van der Waals surface area contributed by atoms with E-state index in [1.54, 1.807) is 12.1 Å². The lowest BCUT2D eigenvalue weighted by Gasteiger charge is -2.32. The van der Waals surface area contributed by atoms with Crippen LogP contribution >= 0.6 is 0 Å². The maximum absolute atomic E-state index is 13.1. The third-order valence-corrected chi connectivity index (χ3v) is 7.09. The van der Waals surface area contributed by atoms with E-state index in [0.717, 1.165) is 49.5 Å². The summed E-state index contributed by atoms with van der Waals surface area (Å²) < 4.78 is 13.1. The monoisotopic (exact) mass is 437 g/mol. The van der Waals surface area contributed by atoms with E-state index in [-0.39, 0.29) is 17.6 Å². The first-order valence-corrected chi connectivity index (χ1v) is 12.1. The molecule has 1 aliphatic heterocycles. The van der Waals surface area contributed by atoms with Gasteiger partial charge in [0.1, 0.15) is 5.82 Å². The van der Waals surface area contributed by atoms with Gasteiger partial charge in [0.2, 0.25) is 5.91 Å². The Kier molecular flexibility index (Phi) is 7.46. The lowest BCUT2D eigenvalue weighted by molar-refractivity contribution is -0.123. The van der Waals surface area contributed by atoms with Crippen LogP contribution in [0.1, 0.15) is 51.0 Å². The molecule has 1 saturated heterocycles. The highest BCUT2D eigenvalue weighted by molar-refractivity contribution is 5.94. The molecule has 2 aromatic rings. The van der Waals surface area contributed by atoms with Crippen LogP contribution in [0.15, 0.2) is 48.5 Å². The molecule has 0 unspecified atom stereocenters. The number of nitrogens with one attached hydrogen (secondary N) is 1. The minimum absolute atomic E-state index is 0.0702. The highest BCUT2D eigenvalue weighted by Gasteiger charge is 2.28. The highest BCUT2D eigenvalue weighted by Crippen LogP contribution is 2.29. The van der Waals surface area contributed by atoms with Crippen molar-refractivity contribution in [2.24, 2.45) is 11.8 Å². The fourth-order valence-electron chi connectivity index (χ4n) is 5.18. The molecule has 5 heteroatoms. The van der Waals surface area contributed by atoms with Gasteiger partial charge >= 0.3 is 0 Å². The van der Waals surface area contributed by atoms with Gasteiger partial charge in [-0.3, -0.25) is 9.69 Å². The smallest absolute Gasteiger partial charge is 0.229 e. The number of carbonyl (C=O) groups is 1. The number of carbonyl (C=O) groups excluding carboxylic acids is 1. The molecule has 32 heavy (non-hydrogen) atoms. The number of likely N-dealkylation sites (tertiary alicyclic amines) is 1. The number of nitrogens with zero attached hydrogens (tertiary/aromatic N) is 2. The zero-order valence-corrected chi connectivity index (χ0v) is 19.4. The molecule has 172 valence electrons. The van der Waals surface area contributed by atoms with Crippen LogP contribution in [-0.2, 0) is 11.3 Å². The normalized spacial score (nSPS) is 24.2. The highest BCUT2D eigenvalue weighted by atomic mass is 19.1. The fraction of sp³-hybridized carbons (Fsp3) is 0.519. The number of rotatable bonds is 6. The molecular formula is C27H36FN3O. The lowest BCUT2D eigenvalue weighted by Crippen LogP contribution is -2.37. The molecule has 4 rings (SSSR count). The topological polar surface area (TPSA) is 35.6 Å². The van der Waals surface area contributed by atoms with Crippen LogP contribution in [0.3, 0.4) is 0 Å². The number of benzene rings is 2. The lowest BCUT2D eigenvalue weighted by atomic mass is 9.85. The van der Waals surface area contributed by atoms with E-state index in [9.17, 15) is 9.18 Å². The molecule has 1 heterocycles. The maximum atomic E-state index is 13.1. The summed E-state index contributed by atoms with van der Waals surface area (Å²) in [4.78, 5) is 17.5. The second kappa shape index (κ2) is 10.5. The molecule has 1 atom stereocenters. The minimum atomic E-state index is -0.220. The van der Waals surface area contributed by atoms with Crippen LogP contribution in [0.2, 0.25) is 0 Å². The molecule has 0 radical (unpaired) electrons. The standard InChI is InChI=1S/C27H36FN3O/c1-20-4-3-17-31(18-20)19-21-5-15-26(16-6-21)30(2)27(32)22-7-11-24(12-8-22)29-25-13-9-23(28)10-14-25/h5-6,9-10,13-16,20,22,24,29H,3-4,7-8,11-12,17-19H2,1-2H3/t20-,22?,24?/m1/s1. The molecule has 2 aromatic carbocycles. The SMILES string of the molecule is C[C@@H]1CCCN(Cc2ccc(N(C)C(=O)C3CCC(Nc4ccc(F)cc4)CC3)cc2)C1. The van der Waals surface area contributed by atoms with Gasteiger partial charge in [0, 0.05) is 43.5 Å². The molecule has 2 aliphatic rings. The average molecular weight is 438 g/mol. The predicted molar refractivity (Wildman–Crippen MR) is 129 cm³/mol. The fourth-order valence-corrected chi connectivity index (χ4v) is 5.18. The van der Waals surface area contributed by atoms with Gasteiger partial charge in [0.15, 0.2) is 0 Å². The summed E-state index contributed by atoms with van der Waals surface area (Å²) in [5.74, 6) is 0.846. The molecule has 0 spiro atoms. The van der Waals surface area contributed by atoms with Crippen LogP contribution in [0.4, 0.5) is 15.8 Å². The Balaban J connectivity index is 1.26. The maximum Gasteiger partial charge on any atom is 0.229 e. The van der Waals surface area contributed by atoms with Crippen LogP contribution in [0.25, 0.3) is 0 Å². The van der Waals surface area contributed by atoms with Gasteiger partial charge in [-0.1, -0.05) is 19.1 Å². The Labute approximate surface area is 191 Å². The van der Waals surface area contributed by atoms with Crippen molar-refractivity contribution in [3.63, 3.8) is 0 Å². The van der Waals surface area contributed by atoms with E-state index in [4.69, 9.17) is 0 Å². The third-order valence-electron chi connectivity index (χ3n) is 7.09. The van der Waals surface area contributed by atoms with E-state index in [0.29, 0.717) is 6.04 Å². The Morgan fingerprint density at radius 1 is 1.03 bits per heavy atom. The second-order valence-electron chi connectivity index (χ2n) is 9.75. The van der Waals surface area contributed by atoms with Crippen molar-refractivity contribution in [3.8, 4) is 0 Å². The number of hydrogen-bond acceptors (Lipinski definition) is 3. The van der Waals surface area contributed by atoms with Crippen molar-refractivity contribution in [2.45, 2.75) is 58.0 Å². The Morgan fingerprint density at radius 3 is 2.38 bits per heavy atom. The van der Waals surface area contributed by atoms with Crippen molar-refractivity contribution >= 4 is 17.3 Å². The van der Waals surface area contributed by atoms with E-state index in [2.05, 4.69) is 41.4 Å². The largest absolute Gasteiger partial charge is 0.382 e. The van der Waals surface area contributed by atoms with E-state index in [1.165, 1.54) is 43.6 Å². The van der Waals surface area contributed by atoms with Crippen molar-refractivity contribution in [1.29, 1.82) is 0 Å². The number of anilines is 2. The van der Waals surface area contributed by atoms with Crippen molar-refractivity contribution < 1.29 is 9.18 Å². The number of amides is 1. The van der Waals surface area contributed by atoms with Gasteiger partial charge in [-0.25, -0.2) is 4.39 Å². The first-order valence-electron chi connectivity index (χ1n) is 12.1. The number of halogens is 1. The van der Waals surface area contributed by atoms with Gasteiger partial charge in [-0.15, -0.1) is 0 Å². The van der Waals surface area contributed by atoms with Crippen molar-refractivity contribution in [3.05, 3.63) is 59.9 Å². The molecule has 1 N–H and O–H groups in total. The van der Waals surface area contributed by atoms with Crippen LogP contribution in [0, 0.1) is 17.7 Å². The summed E-state index contributed by atoms with van der Waals surface area (Å²) in [7, 11) is 1.90. The van der Waals surface area contributed by atoms with Crippen LogP contribution in [-0.4, -0.2) is 37.0 Å². The predicted octanol–water partition coefficient (Wildman–Crippen LogP) is 5.69. The number of hydrogen-bond donors (Lipinski definition) is 1. The summed E-state index contributed by atoms with van der Waals surface area (Å²) in [5, 5.41) is 3.48. The molecule has 4 nitrogen and oxygen atoms in total. The number of piperidine rings is 1. The summed E-state index contributed by atoms with van der Waals surface area (Å²) >= 11 is 0. The Bertz CT molecular complexity index is 875. The summed E-state index contributed by atoms with van der Waals surface area (Å²) in [6, 6.07) is 15.3.